The Morgan fingerprint density at radius 3 is 2.31 bits per heavy atom. The Morgan fingerprint density at radius 2 is 1.76 bits per heavy atom. The number of carbonyl (C=O) groups is 3. The number of amides is 3. The molecule has 1 aromatic carbocycles. The minimum absolute atomic E-state index is 0.0354. The van der Waals surface area contributed by atoms with Crippen molar-refractivity contribution in [3.63, 3.8) is 0 Å². The molecule has 0 radical (unpaired) electrons. The zero-order valence-corrected chi connectivity index (χ0v) is 18.3. The molecule has 1 aromatic rings. The first kappa shape index (κ1) is 22.9. The molecule has 1 fully saturated rings. The average Bonchev–Trinajstić information content (AvgIpc) is 2.73. The van der Waals surface area contributed by atoms with Crippen molar-refractivity contribution in [2.45, 2.75) is 39.7 Å². The Kier molecular flexibility index (Phi) is 8.20. The van der Waals surface area contributed by atoms with Gasteiger partial charge in [0.05, 0.1) is 6.04 Å². The predicted octanol–water partition coefficient (Wildman–Crippen LogP) is 2.30. The van der Waals surface area contributed by atoms with Crippen LogP contribution >= 0.6 is 0 Å². The predicted molar refractivity (Wildman–Crippen MR) is 115 cm³/mol. The van der Waals surface area contributed by atoms with Crippen molar-refractivity contribution in [1.29, 1.82) is 0 Å². The van der Waals surface area contributed by atoms with E-state index in [1.54, 1.807) is 48.2 Å². The zero-order valence-electron chi connectivity index (χ0n) is 18.3. The second-order valence-electron chi connectivity index (χ2n) is 7.77. The number of hydrogen-bond acceptors (Lipinski definition) is 4. The summed E-state index contributed by atoms with van der Waals surface area (Å²) in [6.45, 7) is 8.52. The molecule has 160 valence electrons. The van der Waals surface area contributed by atoms with Gasteiger partial charge in [-0.3, -0.25) is 19.3 Å². The molecule has 7 heteroatoms. The van der Waals surface area contributed by atoms with Gasteiger partial charge in [-0.25, -0.2) is 0 Å². The molecule has 7 nitrogen and oxygen atoms in total. The van der Waals surface area contributed by atoms with Gasteiger partial charge in [-0.05, 0) is 64.9 Å². The Morgan fingerprint density at radius 1 is 1.14 bits per heavy atom. The number of likely N-dealkylation sites (tertiary alicyclic amines) is 1. The number of anilines is 1. The van der Waals surface area contributed by atoms with E-state index < -0.39 is 0 Å². The van der Waals surface area contributed by atoms with Gasteiger partial charge in [0.25, 0.3) is 5.91 Å². The summed E-state index contributed by atoms with van der Waals surface area (Å²) in [5.41, 5.74) is 1.19. The third-order valence-electron chi connectivity index (χ3n) is 5.67. The number of hydrogen-bond donors (Lipinski definition) is 1. The first-order valence-corrected chi connectivity index (χ1v) is 10.4. The van der Waals surface area contributed by atoms with Gasteiger partial charge in [0.15, 0.2) is 0 Å². The summed E-state index contributed by atoms with van der Waals surface area (Å²) in [7, 11) is 3.56. The number of benzene rings is 1. The minimum Gasteiger partial charge on any atom is -0.349 e. The highest BCUT2D eigenvalue weighted by Crippen LogP contribution is 2.21. The molecule has 29 heavy (non-hydrogen) atoms. The van der Waals surface area contributed by atoms with Gasteiger partial charge >= 0.3 is 0 Å². The molecule has 1 atom stereocenters. The molecule has 1 aliphatic rings. The second kappa shape index (κ2) is 10.4. The smallest absolute Gasteiger partial charge is 0.253 e. The number of rotatable bonds is 7. The fraction of sp³-hybridized carbons (Fsp3) is 0.591. The van der Waals surface area contributed by atoms with Gasteiger partial charge in [0.2, 0.25) is 11.8 Å². The summed E-state index contributed by atoms with van der Waals surface area (Å²) >= 11 is 0. The molecule has 1 unspecified atom stereocenters. The van der Waals surface area contributed by atoms with E-state index in [2.05, 4.69) is 10.2 Å². The average molecular weight is 403 g/mol. The first-order valence-electron chi connectivity index (χ1n) is 10.4. The van der Waals surface area contributed by atoms with Crippen molar-refractivity contribution >= 4 is 23.4 Å². The van der Waals surface area contributed by atoms with Crippen molar-refractivity contribution < 1.29 is 14.4 Å². The molecule has 0 aromatic heterocycles. The normalized spacial score (nSPS) is 16.2. The Hall–Kier alpha value is -2.41. The van der Waals surface area contributed by atoms with Crippen molar-refractivity contribution in [2.24, 2.45) is 5.92 Å². The maximum Gasteiger partial charge on any atom is 0.253 e. The monoisotopic (exact) mass is 402 g/mol. The maximum atomic E-state index is 12.7. The number of piperidine rings is 1. The first-order chi connectivity index (χ1) is 13.8. The molecular formula is C22H34N4O3. The fourth-order valence-corrected chi connectivity index (χ4v) is 3.73. The third kappa shape index (κ3) is 5.79. The zero-order chi connectivity index (χ0) is 21.6. The standard InChI is InChI=1S/C22H34N4O3/c1-6-25(7-2)22(29)18-9-8-10-19(15-18)23-20(27)16(3)26-13-11-17(12-14-26)21(28)24(4)5/h8-10,15-17H,6-7,11-14H2,1-5H3,(H,23,27). The molecular weight excluding hydrogens is 368 g/mol. The van der Waals surface area contributed by atoms with Crippen LogP contribution in [0, 0.1) is 5.92 Å². The van der Waals surface area contributed by atoms with Gasteiger partial charge in [-0.1, -0.05) is 6.07 Å². The van der Waals surface area contributed by atoms with Crippen LogP contribution in [0.1, 0.15) is 44.0 Å². The third-order valence-corrected chi connectivity index (χ3v) is 5.67. The van der Waals surface area contributed by atoms with Crippen LogP contribution in [0.2, 0.25) is 0 Å². The van der Waals surface area contributed by atoms with Crippen LogP contribution in [0.15, 0.2) is 24.3 Å². The van der Waals surface area contributed by atoms with E-state index in [0.29, 0.717) is 24.3 Å². The molecule has 3 amide bonds. The van der Waals surface area contributed by atoms with Gasteiger partial charge < -0.3 is 15.1 Å². The molecule has 1 N–H and O–H groups in total. The van der Waals surface area contributed by atoms with Gasteiger partial charge in [-0.2, -0.15) is 0 Å². The van der Waals surface area contributed by atoms with Gasteiger partial charge in [0, 0.05) is 44.4 Å². The number of carbonyl (C=O) groups excluding carboxylic acids is 3. The van der Waals surface area contributed by atoms with Crippen LogP contribution in [-0.4, -0.2) is 78.7 Å². The molecule has 1 heterocycles. The molecule has 0 spiro atoms. The largest absolute Gasteiger partial charge is 0.349 e. The summed E-state index contributed by atoms with van der Waals surface area (Å²) in [4.78, 5) is 42.9. The summed E-state index contributed by atoms with van der Waals surface area (Å²) in [5, 5.41) is 2.93. The van der Waals surface area contributed by atoms with Crippen LogP contribution in [0.25, 0.3) is 0 Å². The van der Waals surface area contributed by atoms with E-state index in [-0.39, 0.29) is 29.7 Å². The van der Waals surface area contributed by atoms with Crippen LogP contribution in [-0.2, 0) is 9.59 Å². The van der Waals surface area contributed by atoms with E-state index >= 15 is 0 Å². The summed E-state index contributed by atoms with van der Waals surface area (Å²) < 4.78 is 0. The molecule has 0 saturated carbocycles. The molecule has 1 aliphatic heterocycles. The van der Waals surface area contributed by atoms with E-state index in [1.165, 1.54) is 0 Å². The SMILES string of the molecule is CCN(CC)C(=O)c1cccc(NC(=O)C(C)N2CCC(C(=O)N(C)C)CC2)c1. The van der Waals surface area contributed by atoms with Crippen molar-refractivity contribution in [1.82, 2.24) is 14.7 Å². The highest BCUT2D eigenvalue weighted by atomic mass is 16.2. The summed E-state index contributed by atoms with van der Waals surface area (Å²) in [6, 6.07) is 6.79. The van der Waals surface area contributed by atoms with Crippen LogP contribution in [0.4, 0.5) is 5.69 Å². The van der Waals surface area contributed by atoms with E-state index in [9.17, 15) is 14.4 Å². The summed E-state index contributed by atoms with van der Waals surface area (Å²) in [5.74, 6) is 0.0670. The maximum absolute atomic E-state index is 12.7. The lowest BCUT2D eigenvalue weighted by Gasteiger charge is -2.35. The highest BCUT2D eigenvalue weighted by Gasteiger charge is 2.30. The number of nitrogens with one attached hydrogen (secondary N) is 1. The lowest BCUT2D eigenvalue weighted by molar-refractivity contribution is -0.134. The van der Waals surface area contributed by atoms with E-state index in [1.807, 2.05) is 20.8 Å². The van der Waals surface area contributed by atoms with Crippen LogP contribution in [0.3, 0.4) is 0 Å². The molecule has 2 rings (SSSR count). The van der Waals surface area contributed by atoms with Crippen molar-refractivity contribution in [2.75, 3.05) is 45.6 Å². The Bertz CT molecular complexity index is 723. The minimum atomic E-state index is -0.299. The fourth-order valence-electron chi connectivity index (χ4n) is 3.73. The lowest BCUT2D eigenvalue weighted by Crippen LogP contribution is -2.48. The Balaban J connectivity index is 1.96. The van der Waals surface area contributed by atoms with E-state index in [4.69, 9.17) is 0 Å². The lowest BCUT2D eigenvalue weighted by atomic mass is 9.94. The van der Waals surface area contributed by atoms with Crippen LogP contribution in [0.5, 0.6) is 0 Å². The van der Waals surface area contributed by atoms with E-state index in [0.717, 1.165) is 25.9 Å². The Labute approximate surface area is 174 Å². The highest BCUT2D eigenvalue weighted by molar-refractivity contribution is 5.98. The molecule has 0 bridgehead atoms. The van der Waals surface area contributed by atoms with Crippen molar-refractivity contribution in [3.05, 3.63) is 29.8 Å². The quantitative estimate of drug-likeness (QED) is 0.760. The molecule has 1 saturated heterocycles. The summed E-state index contributed by atoms with van der Waals surface area (Å²) in [6.07, 6.45) is 1.53. The van der Waals surface area contributed by atoms with Gasteiger partial charge in [-0.15, -0.1) is 0 Å². The number of nitrogens with zero attached hydrogens (tertiary/aromatic N) is 3. The van der Waals surface area contributed by atoms with Crippen LogP contribution < -0.4 is 5.32 Å². The second-order valence-corrected chi connectivity index (χ2v) is 7.77. The van der Waals surface area contributed by atoms with Crippen molar-refractivity contribution in [3.8, 4) is 0 Å². The topological polar surface area (TPSA) is 73.0 Å². The molecule has 0 aliphatic carbocycles. The van der Waals surface area contributed by atoms with Gasteiger partial charge in [0.1, 0.15) is 0 Å².